The summed E-state index contributed by atoms with van der Waals surface area (Å²) < 4.78 is 1.24. The number of halogens is 2. The monoisotopic (exact) mass is 546 g/mol. The minimum Gasteiger partial charge on any atom is -1.00 e. The van der Waals surface area contributed by atoms with E-state index in [1.807, 2.05) is 0 Å². The van der Waals surface area contributed by atoms with Crippen LogP contribution >= 0.6 is 0 Å². The van der Waals surface area contributed by atoms with Gasteiger partial charge < -0.3 is 24.8 Å². The Kier molecular flexibility index (Phi) is 7.35. The van der Waals surface area contributed by atoms with E-state index in [-0.39, 0.29) is 24.8 Å². The molecule has 0 bridgehead atoms. The molecule has 0 saturated heterocycles. The first-order valence-electron chi connectivity index (χ1n) is 11.5. The fraction of sp³-hybridized carbons (Fsp3) is 0.200. The van der Waals surface area contributed by atoms with Gasteiger partial charge >= 0.3 is 198 Å². The molecule has 2 atom stereocenters. The average Bonchev–Trinajstić information content (AvgIpc) is 3.31. The van der Waals surface area contributed by atoms with Crippen molar-refractivity contribution in [2.45, 2.75) is 33.9 Å². The summed E-state index contributed by atoms with van der Waals surface area (Å²) in [4.78, 5) is 0. The maximum absolute atomic E-state index is 2.52. The number of aryl methyl sites for hydroxylation is 2. The molecular weight excluding hydrogens is 522 g/mol. The van der Waals surface area contributed by atoms with Gasteiger partial charge in [0, 0.05) is 0 Å². The Balaban J connectivity index is 0.00000130. The van der Waals surface area contributed by atoms with Gasteiger partial charge in [-0.3, -0.25) is 0 Å². The Bertz CT molecular complexity index is 1210. The van der Waals surface area contributed by atoms with Crippen molar-refractivity contribution in [2.24, 2.45) is 0 Å². The van der Waals surface area contributed by atoms with Crippen LogP contribution in [0.2, 0.25) is 0 Å². The van der Waals surface area contributed by atoms with E-state index >= 15 is 0 Å². The fourth-order valence-electron chi connectivity index (χ4n) is 5.48. The van der Waals surface area contributed by atoms with Crippen LogP contribution < -0.4 is 24.8 Å². The van der Waals surface area contributed by atoms with Crippen molar-refractivity contribution in [1.29, 1.82) is 0 Å². The smallest absolute Gasteiger partial charge is 1.00 e. The van der Waals surface area contributed by atoms with Crippen LogP contribution in [0.1, 0.15) is 54.5 Å². The summed E-state index contributed by atoms with van der Waals surface area (Å²) >= 11 is -0.888. The summed E-state index contributed by atoms with van der Waals surface area (Å²) in [5.74, 6) is 0. The second-order valence-corrected chi connectivity index (χ2v) is 12.4. The van der Waals surface area contributed by atoms with Gasteiger partial charge in [0.1, 0.15) is 0 Å². The van der Waals surface area contributed by atoms with Crippen LogP contribution in [-0.4, -0.2) is 0 Å². The second-order valence-electron chi connectivity index (χ2n) is 8.76. The average molecular weight is 549 g/mol. The Morgan fingerprint density at radius 3 is 1.33 bits per heavy atom. The molecule has 0 aliphatic heterocycles. The van der Waals surface area contributed by atoms with E-state index in [4.69, 9.17) is 0 Å². The Labute approximate surface area is 221 Å². The Morgan fingerprint density at radius 1 is 0.515 bits per heavy atom. The largest absolute Gasteiger partial charge is 1.00 e. The first-order chi connectivity index (χ1) is 15.3. The van der Waals surface area contributed by atoms with Crippen molar-refractivity contribution in [3.63, 3.8) is 0 Å². The molecule has 0 N–H and O–H groups in total. The van der Waals surface area contributed by atoms with E-state index in [9.17, 15) is 0 Å². The van der Waals surface area contributed by atoms with Gasteiger partial charge in [-0.1, -0.05) is 0 Å². The fourth-order valence-corrected chi connectivity index (χ4v) is 10.5. The van der Waals surface area contributed by atoms with Crippen molar-refractivity contribution in [2.75, 3.05) is 0 Å². The van der Waals surface area contributed by atoms with Gasteiger partial charge in [0.05, 0.1) is 0 Å². The van der Waals surface area contributed by atoms with Gasteiger partial charge in [-0.05, 0) is 0 Å². The third-order valence-electron chi connectivity index (χ3n) is 7.13. The molecule has 3 heteroatoms. The maximum Gasteiger partial charge on any atom is -1.00 e. The van der Waals surface area contributed by atoms with Crippen molar-refractivity contribution in [3.05, 3.63) is 118 Å². The molecule has 6 rings (SSSR count). The predicted molar refractivity (Wildman–Crippen MR) is 126 cm³/mol. The van der Waals surface area contributed by atoms with Crippen LogP contribution in [0.15, 0.2) is 84.9 Å². The zero-order chi connectivity index (χ0) is 20.9. The molecule has 33 heavy (non-hydrogen) atoms. The standard InChI is InChI=1S/2C15H13.2ClH.Zr/c2*1-2-11-7-8-15-13(9-11)10-12-5-3-4-6-14(12)15;;;/h2*3-10H,2H2,1H3;2*1H;/q;;;;+2/p-2. The molecule has 0 radical (unpaired) electrons. The summed E-state index contributed by atoms with van der Waals surface area (Å²) in [5, 5.41) is 0. The molecule has 0 heterocycles. The summed E-state index contributed by atoms with van der Waals surface area (Å²) in [6.07, 6.45) is 2.21. The molecule has 0 fully saturated rings. The van der Waals surface area contributed by atoms with E-state index in [0.717, 1.165) is 12.8 Å². The van der Waals surface area contributed by atoms with Crippen molar-refractivity contribution in [3.8, 4) is 22.3 Å². The number of hydrogen-bond acceptors (Lipinski definition) is 0. The van der Waals surface area contributed by atoms with Gasteiger partial charge in [0.15, 0.2) is 0 Å². The van der Waals surface area contributed by atoms with Gasteiger partial charge in [-0.25, -0.2) is 0 Å². The second kappa shape index (κ2) is 9.91. The van der Waals surface area contributed by atoms with Crippen LogP contribution in [-0.2, 0) is 36.1 Å². The minimum absolute atomic E-state index is 0. The molecule has 2 unspecified atom stereocenters. The van der Waals surface area contributed by atoms with Crippen LogP contribution in [0.4, 0.5) is 0 Å². The quantitative estimate of drug-likeness (QED) is 0.365. The number of benzene rings is 4. The van der Waals surface area contributed by atoms with Crippen LogP contribution in [0.5, 0.6) is 0 Å². The molecular formula is C30H26Cl2Zr. The van der Waals surface area contributed by atoms with E-state index in [1.54, 1.807) is 22.3 Å². The molecule has 0 amide bonds. The molecule has 0 saturated carbocycles. The number of hydrogen-bond donors (Lipinski definition) is 0. The van der Waals surface area contributed by atoms with Crippen LogP contribution in [0.25, 0.3) is 22.3 Å². The third kappa shape index (κ3) is 3.97. The molecule has 0 nitrogen and oxygen atoms in total. The molecule has 4 aromatic carbocycles. The molecule has 4 aromatic rings. The normalized spacial score (nSPS) is 16.4. The van der Waals surface area contributed by atoms with Gasteiger partial charge in [0.25, 0.3) is 0 Å². The Hall–Kier alpha value is -1.66. The van der Waals surface area contributed by atoms with Crippen LogP contribution in [0.3, 0.4) is 0 Å². The van der Waals surface area contributed by atoms with E-state index in [0.29, 0.717) is 7.25 Å². The van der Waals surface area contributed by atoms with Gasteiger partial charge in [-0.15, -0.1) is 0 Å². The van der Waals surface area contributed by atoms with Crippen molar-refractivity contribution < 1.29 is 48.0 Å². The number of fused-ring (bicyclic) bond motifs is 6. The molecule has 164 valence electrons. The predicted octanol–water partition coefficient (Wildman–Crippen LogP) is 1.74. The molecule has 0 spiro atoms. The Morgan fingerprint density at radius 2 is 0.909 bits per heavy atom. The number of rotatable bonds is 4. The van der Waals surface area contributed by atoms with Gasteiger partial charge in [0.2, 0.25) is 0 Å². The van der Waals surface area contributed by atoms with Crippen molar-refractivity contribution in [1.82, 2.24) is 0 Å². The first kappa shape index (κ1) is 24.5. The summed E-state index contributed by atoms with van der Waals surface area (Å²) in [5.41, 5.74) is 15.2. The minimum atomic E-state index is -0.888. The SMILES string of the molecule is CCc1ccc2c(c1)[CH]([Zr+2][CH]1c3ccccc3-c3ccc(CC)cc31)c1ccccc1-2.[Cl-].[Cl-]. The summed E-state index contributed by atoms with van der Waals surface area (Å²) in [6, 6.07) is 32.8. The van der Waals surface area contributed by atoms with E-state index in [2.05, 4.69) is 98.8 Å². The maximum atomic E-state index is 2.52. The zero-order valence-corrected chi connectivity index (χ0v) is 22.9. The third-order valence-corrected chi connectivity index (χ3v) is 11.8. The molecule has 2 aliphatic carbocycles. The van der Waals surface area contributed by atoms with E-state index in [1.165, 1.54) is 33.4 Å². The topological polar surface area (TPSA) is 0 Å². The van der Waals surface area contributed by atoms with Crippen LogP contribution in [0, 0.1) is 0 Å². The molecule has 0 aromatic heterocycles. The molecule has 2 aliphatic rings. The summed E-state index contributed by atoms with van der Waals surface area (Å²) in [7, 11) is 0. The van der Waals surface area contributed by atoms with E-state index < -0.39 is 23.2 Å². The van der Waals surface area contributed by atoms with Gasteiger partial charge in [-0.2, -0.15) is 0 Å². The zero-order valence-electron chi connectivity index (χ0n) is 18.9. The first-order valence-corrected chi connectivity index (χ1v) is 14.3. The summed E-state index contributed by atoms with van der Waals surface area (Å²) in [6.45, 7) is 4.54. The van der Waals surface area contributed by atoms with Crippen molar-refractivity contribution >= 4 is 0 Å².